The monoisotopic (exact) mass is 319 g/mol. The topological polar surface area (TPSA) is 77.8 Å². The summed E-state index contributed by atoms with van der Waals surface area (Å²) < 4.78 is 15.4. The minimum absolute atomic E-state index is 0.144. The molecule has 6 heteroatoms. The molecule has 0 aliphatic carbocycles. The van der Waals surface area contributed by atoms with Gasteiger partial charge in [0.1, 0.15) is 17.4 Å². The molecule has 2 rings (SSSR count). The number of ether oxygens (including phenoxy) is 2. The lowest BCUT2D eigenvalue weighted by atomic mass is 10.0. The molecule has 0 fully saturated rings. The Hall–Kier alpha value is -2.50. The van der Waals surface area contributed by atoms with Crippen molar-refractivity contribution in [1.82, 2.24) is 5.32 Å². The van der Waals surface area contributed by atoms with E-state index in [-0.39, 0.29) is 11.7 Å². The Morgan fingerprint density at radius 1 is 1.22 bits per heavy atom. The molecule has 0 bridgehead atoms. The molecule has 0 saturated heterocycles. The third kappa shape index (κ3) is 4.03. The van der Waals surface area contributed by atoms with Gasteiger partial charge in [0.25, 0.3) is 5.91 Å². The van der Waals surface area contributed by atoms with Crippen molar-refractivity contribution in [2.45, 2.75) is 26.3 Å². The number of nitrogens with one attached hydrogen (secondary N) is 1. The van der Waals surface area contributed by atoms with Gasteiger partial charge in [0.05, 0.1) is 14.2 Å². The van der Waals surface area contributed by atoms with Crippen LogP contribution in [0.25, 0.3) is 11.0 Å². The number of carbonyl (C=O) groups excluding carboxylic acids is 2. The molecule has 1 heterocycles. The van der Waals surface area contributed by atoms with Crippen LogP contribution in [0.5, 0.6) is 5.75 Å². The summed E-state index contributed by atoms with van der Waals surface area (Å²) in [5.41, 5.74) is 0.578. The van der Waals surface area contributed by atoms with Crippen LogP contribution in [0.1, 0.15) is 30.8 Å². The van der Waals surface area contributed by atoms with Gasteiger partial charge in [-0.25, -0.2) is 4.79 Å². The van der Waals surface area contributed by atoms with E-state index in [0.29, 0.717) is 17.8 Å². The highest BCUT2D eigenvalue weighted by atomic mass is 16.5. The molecule has 23 heavy (non-hydrogen) atoms. The van der Waals surface area contributed by atoms with E-state index in [2.05, 4.69) is 5.32 Å². The number of benzene rings is 1. The minimum atomic E-state index is -0.699. The maximum absolute atomic E-state index is 12.3. The smallest absolute Gasteiger partial charge is 0.328 e. The van der Waals surface area contributed by atoms with E-state index in [0.717, 1.165) is 5.39 Å². The molecule has 0 radical (unpaired) electrons. The molecule has 1 amide bonds. The van der Waals surface area contributed by atoms with Gasteiger partial charge in [0.2, 0.25) is 0 Å². The van der Waals surface area contributed by atoms with E-state index in [9.17, 15) is 9.59 Å². The fourth-order valence-corrected chi connectivity index (χ4v) is 2.32. The van der Waals surface area contributed by atoms with Crippen LogP contribution >= 0.6 is 0 Å². The number of rotatable bonds is 6. The summed E-state index contributed by atoms with van der Waals surface area (Å²) in [4.78, 5) is 24.1. The van der Waals surface area contributed by atoms with Crippen LogP contribution in [0.15, 0.2) is 28.7 Å². The second-order valence-electron chi connectivity index (χ2n) is 5.69. The number of hydrogen-bond donors (Lipinski definition) is 1. The molecule has 0 aliphatic heterocycles. The van der Waals surface area contributed by atoms with Crippen molar-refractivity contribution >= 4 is 22.8 Å². The molecule has 1 aromatic heterocycles. The first-order chi connectivity index (χ1) is 10.9. The molecule has 0 aliphatic rings. The fourth-order valence-electron chi connectivity index (χ4n) is 2.32. The van der Waals surface area contributed by atoms with Crippen molar-refractivity contribution < 1.29 is 23.5 Å². The number of amides is 1. The van der Waals surface area contributed by atoms with Gasteiger partial charge in [-0.15, -0.1) is 0 Å². The van der Waals surface area contributed by atoms with E-state index in [1.54, 1.807) is 31.4 Å². The highest BCUT2D eigenvalue weighted by molar-refractivity contribution is 5.98. The quantitative estimate of drug-likeness (QED) is 0.828. The third-order valence-electron chi connectivity index (χ3n) is 3.45. The van der Waals surface area contributed by atoms with Gasteiger partial charge >= 0.3 is 5.97 Å². The lowest BCUT2D eigenvalue weighted by Crippen LogP contribution is -2.42. The van der Waals surface area contributed by atoms with Crippen LogP contribution in [-0.4, -0.2) is 32.1 Å². The minimum Gasteiger partial charge on any atom is -0.497 e. The molecule has 6 nitrogen and oxygen atoms in total. The van der Waals surface area contributed by atoms with Crippen LogP contribution < -0.4 is 10.1 Å². The zero-order chi connectivity index (χ0) is 17.0. The third-order valence-corrected chi connectivity index (χ3v) is 3.45. The molecular weight excluding hydrogens is 298 g/mol. The van der Waals surface area contributed by atoms with Crippen LogP contribution in [0.3, 0.4) is 0 Å². The largest absolute Gasteiger partial charge is 0.497 e. The number of fused-ring (bicyclic) bond motifs is 1. The molecule has 1 aromatic carbocycles. The normalized spacial score (nSPS) is 12.2. The van der Waals surface area contributed by atoms with Gasteiger partial charge in [0, 0.05) is 5.39 Å². The van der Waals surface area contributed by atoms with Crippen LogP contribution in [-0.2, 0) is 9.53 Å². The van der Waals surface area contributed by atoms with E-state index >= 15 is 0 Å². The van der Waals surface area contributed by atoms with Gasteiger partial charge < -0.3 is 19.2 Å². The zero-order valence-corrected chi connectivity index (χ0v) is 13.7. The van der Waals surface area contributed by atoms with E-state index in [1.807, 2.05) is 13.8 Å². The van der Waals surface area contributed by atoms with Crippen molar-refractivity contribution in [3.05, 3.63) is 30.0 Å². The molecule has 2 aromatic rings. The molecule has 1 atom stereocenters. The predicted molar refractivity (Wildman–Crippen MR) is 85.5 cm³/mol. The summed E-state index contributed by atoms with van der Waals surface area (Å²) in [5, 5.41) is 3.42. The zero-order valence-electron chi connectivity index (χ0n) is 13.7. The summed E-state index contributed by atoms with van der Waals surface area (Å²) in [5.74, 6) is 0.142. The number of hydrogen-bond acceptors (Lipinski definition) is 5. The molecule has 0 spiro atoms. The SMILES string of the molecule is COC(=O)[C@H](CC(C)C)NC(=O)c1cc2cc(OC)ccc2o1. The van der Waals surface area contributed by atoms with Crippen LogP contribution in [0.2, 0.25) is 0 Å². The Balaban J connectivity index is 2.19. The first-order valence-corrected chi connectivity index (χ1v) is 7.41. The maximum Gasteiger partial charge on any atom is 0.328 e. The Kier molecular flexibility index (Phi) is 5.26. The van der Waals surface area contributed by atoms with Crippen molar-refractivity contribution in [2.75, 3.05) is 14.2 Å². The molecule has 0 unspecified atom stereocenters. The summed E-state index contributed by atoms with van der Waals surface area (Å²) >= 11 is 0. The maximum atomic E-state index is 12.3. The van der Waals surface area contributed by atoms with Crippen LogP contribution in [0, 0.1) is 5.92 Å². The Morgan fingerprint density at radius 3 is 2.57 bits per heavy atom. The van der Waals surface area contributed by atoms with Crippen molar-refractivity contribution in [3.63, 3.8) is 0 Å². The van der Waals surface area contributed by atoms with E-state index in [1.165, 1.54) is 7.11 Å². The lowest BCUT2D eigenvalue weighted by Gasteiger charge is -2.17. The average Bonchev–Trinajstić information content (AvgIpc) is 2.95. The Bertz CT molecular complexity index is 704. The summed E-state index contributed by atoms with van der Waals surface area (Å²) in [7, 11) is 2.87. The highest BCUT2D eigenvalue weighted by Gasteiger charge is 2.24. The van der Waals surface area contributed by atoms with Crippen molar-refractivity contribution in [2.24, 2.45) is 5.92 Å². The lowest BCUT2D eigenvalue weighted by molar-refractivity contribution is -0.143. The number of carbonyl (C=O) groups is 2. The van der Waals surface area contributed by atoms with E-state index < -0.39 is 17.9 Å². The van der Waals surface area contributed by atoms with Gasteiger partial charge in [-0.05, 0) is 36.6 Å². The second kappa shape index (κ2) is 7.17. The van der Waals surface area contributed by atoms with Crippen molar-refractivity contribution in [3.8, 4) is 5.75 Å². The van der Waals surface area contributed by atoms with Gasteiger partial charge in [-0.2, -0.15) is 0 Å². The summed E-state index contributed by atoms with van der Waals surface area (Å²) in [6.45, 7) is 3.94. The number of methoxy groups -OCH3 is 2. The van der Waals surface area contributed by atoms with Crippen molar-refractivity contribution in [1.29, 1.82) is 0 Å². The highest BCUT2D eigenvalue weighted by Crippen LogP contribution is 2.24. The molecule has 0 saturated carbocycles. The molecule has 1 N–H and O–H groups in total. The average molecular weight is 319 g/mol. The fraction of sp³-hybridized carbons (Fsp3) is 0.412. The summed E-state index contributed by atoms with van der Waals surface area (Å²) in [6, 6.07) is 6.19. The Morgan fingerprint density at radius 2 is 1.96 bits per heavy atom. The molecular formula is C17H21NO5. The first kappa shape index (κ1) is 16.9. The number of furan rings is 1. The van der Waals surface area contributed by atoms with Gasteiger partial charge in [-0.3, -0.25) is 4.79 Å². The predicted octanol–water partition coefficient (Wildman–Crippen LogP) is 2.76. The van der Waals surface area contributed by atoms with Gasteiger partial charge in [0.15, 0.2) is 5.76 Å². The van der Waals surface area contributed by atoms with E-state index in [4.69, 9.17) is 13.9 Å². The second-order valence-corrected chi connectivity index (χ2v) is 5.69. The van der Waals surface area contributed by atoms with Gasteiger partial charge in [-0.1, -0.05) is 13.8 Å². The van der Waals surface area contributed by atoms with Crippen LogP contribution in [0.4, 0.5) is 0 Å². The standard InChI is InChI=1S/C17H21NO5/c1-10(2)7-13(17(20)22-4)18-16(19)15-9-11-8-12(21-3)5-6-14(11)23-15/h5-6,8-10,13H,7H2,1-4H3,(H,18,19)/t13-/m0/s1. The summed E-state index contributed by atoms with van der Waals surface area (Å²) in [6.07, 6.45) is 0.493. The Labute approximate surface area is 134 Å². The number of esters is 1. The first-order valence-electron chi connectivity index (χ1n) is 7.41. The molecule has 124 valence electrons.